The predicted molar refractivity (Wildman–Crippen MR) is 132 cm³/mol. The Morgan fingerprint density at radius 1 is 1.06 bits per heavy atom. The summed E-state index contributed by atoms with van der Waals surface area (Å²) in [5.41, 5.74) is 3.17. The highest BCUT2D eigenvalue weighted by Crippen LogP contribution is 2.41. The van der Waals surface area contributed by atoms with Crippen LogP contribution in [0.3, 0.4) is 0 Å². The van der Waals surface area contributed by atoms with Gasteiger partial charge in [-0.1, -0.05) is 24.1 Å². The molecule has 0 amide bonds. The Bertz CT molecular complexity index is 1110. The number of aryl methyl sites for hydroxylation is 1. The quantitative estimate of drug-likeness (QED) is 0.311. The molecule has 0 aliphatic carbocycles. The summed E-state index contributed by atoms with van der Waals surface area (Å²) in [6.45, 7) is 5.80. The van der Waals surface area contributed by atoms with Gasteiger partial charge in [0.15, 0.2) is 23.1 Å². The lowest BCUT2D eigenvalue weighted by Crippen LogP contribution is -2.08. The van der Waals surface area contributed by atoms with Crippen molar-refractivity contribution in [2.24, 2.45) is 0 Å². The van der Waals surface area contributed by atoms with E-state index in [1.807, 2.05) is 45.2 Å². The number of aromatic nitrogens is 2. The van der Waals surface area contributed by atoms with E-state index in [1.165, 1.54) is 11.9 Å². The first-order valence-corrected chi connectivity index (χ1v) is 11.5. The van der Waals surface area contributed by atoms with Crippen molar-refractivity contribution in [3.8, 4) is 17.2 Å². The van der Waals surface area contributed by atoms with Crippen LogP contribution in [0.5, 0.6) is 17.2 Å². The van der Waals surface area contributed by atoms with Crippen molar-refractivity contribution < 1.29 is 18.6 Å². The molecule has 0 unspecified atom stereocenters. The first-order valence-electron chi connectivity index (χ1n) is 10.2. The van der Waals surface area contributed by atoms with Crippen LogP contribution in [0.2, 0.25) is 0 Å². The van der Waals surface area contributed by atoms with Gasteiger partial charge in [0.2, 0.25) is 11.7 Å². The van der Waals surface area contributed by atoms with E-state index in [0.717, 1.165) is 17.4 Å². The van der Waals surface area contributed by atoms with Crippen LogP contribution in [0, 0.1) is 12.7 Å². The highest BCUT2D eigenvalue weighted by atomic mass is 32.2. The maximum absolute atomic E-state index is 14.5. The number of nitrogens with zero attached hydrogens (tertiary/aromatic N) is 2. The number of hydrogen-bond acceptors (Lipinski definition) is 9. The van der Waals surface area contributed by atoms with Gasteiger partial charge in [0.1, 0.15) is 0 Å². The highest BCUT2D eigenvalue weighted by Gasteiger charge is 2.17. The molecule has 2 aromatic carbocycles. The van der Waals surface area contributed by atoms with E-state index in [4.69, 9.17) is 14.2 Å². The fourth-order valence-corrected chi connectivity index (χ4v) is 3.60. The fraction of sp³-hybridized carbons (Fsp3) is 0.304. The molecule has 0 spiro atoms. The monoisotopic (exact) mass is 473 g/mol. The predicted octanol–water partition coefficient (Wildman–Crippen LogP) is 5.91. The molecule has 10 heteroatoms. The third-order valence-electron chi connectivity index (χ3n) is 4.54. The second-order valence-electron chi connectivity index (χ2n) is 7.32. The second kappa shape index (κ2) is 11.0. The SMILES string of the molecule is COc1cc(Nc2ncc(F)c(Nc3cccc(C)c3NSC)n2)cc(OC(C)C)c1OC. The van der Waals surface area contributed by atoms with Crippen molar-refractivity contribution in [2.45, 2.75) is 26.9 Å². The number of halogens is 1. The molecule has 3 rings (SSSR count). The normalized spacial score (nSPS) is 10.7. The summed E-state index contributed by atoms with van der Waals surface area (Å²) >= 11 is 1.45. The van der Waals surface area contributed by atoms with Crippen molar-refractivity contribution in [1.82, 2.24) is 9.97 Å². The van der Waals surface area contributed by atoms with E-state index in [0.29, 0.717) is 28.6 Å². The molecule has 0 atom stereocenters. The topological polar surface area (TPSA) is 89.6 Å². The number of nitrogens with one attached hydrogen (secondary N) is 3. The van der Waals surface area contributed by atoms with Crippen molar-refractivity contribution >= 4 is 40.8 Å². The summed E-state index contributed by atoms with van der Waals surface area (Å²) in [6.07, 6.45) is 2.96. The number of anilines is 5. The Kier molecular flexibility index (Phi) is 8.05. The van der Waals surface area contributed by atoms with Crippen LogP contribution in [0.1, 0.15) is 19.4 Å². The zero-order valence-electron chi connectivity index (χ0n) is 19.4. The van der Waals surface area contributed by atoms with Gasteiger partial charge in [-0.2, -0.15) is 4.98 Å². The second-order valence-corrected chi connectivity index (χ2v) is 7.93. The Balaban J connectivity index is 1.93. The molecule has 176 valence electrons. The van der Waals surface area contributed by atoms with Crippen LogP contribution >= 0.6 is 11.9 Å². The van der Waals surface area contributed by atoms with Crippen molar-refractivity contribution in [3.05, 3.63) is 47.9 Å². The van der Waals surface area contributed by atoms with E-state index >= 15 is 0 Å². The van der Waals surface area contributed by atoms with Gasteiger partial charge in [-0.15, -0.1) is 0 Å². The number of rotatable bonds is 10. The summed E-state index contributed by atoms with van der Waals surface area (Å²) in [5, 5.41) is 6.14. The summed E-state index contributed by atoms with van der Waals surface area (Å²) in [7, 11) is 3.09. The lowest BCUT2D eigenvalue weighted by atomic mass is 10.2. The Labute approximate surface area is 197 Å². The van der Waals surface area contributed by atoms with Crippen molar-refractivity contribution in [1.29, 1.82) is 0 Å². The molecule has 1 heterocycles. The number of benzene rings is 2. The lowest BCUT2D eigenvalue weighted by Gasteiger charge is -2.18. The number of ether oxygens (including phenoxy) is 3. The van der Waals surface area contributed by atoms with Gasteiger partial charge < -0.3 is 29.6 Å². The third-order valence-corrected chi connectivity index (χ3v) is 4.95. The van der Waals surface area contributed by atoms with Gasteiger partial charge >= 0.3 is 0 Å². The smallest absolute Gasteiger partial charge is 0.229 e. The molecule has 0 aliphatic rings. The van der Waals surface area contributed by atoms with Gasteiger partial charge in [-0.3, -0.25) is 0 Å². The van der Waals surface area contributed by atoms with E-state index in [-0.39, 0.29) is 17.9 Å². The van der Waals surface area contributed by atoms with E-state index in [2.05, 4.69) is 25.3 Å². The van der Waals surface area contributed by atoms with E-state index in [9.17, 15) is 4.39 Å². The maximum atomic E-state index is 14.5. The van der Waals surface area contributed by atoms with Crippen molar-refractivity contribution in [3.63, 3.8) is 0 Å². The summed E-state index contributed by atoms with van der Waals surface area (Å²) in [5.74, 6) is 1.13. The van der Waals surface area contributed by atoms with Gasteiger partial charge in [0.25, 0.3) is 0 Å². The molecule has 8 nitrogen and oxygen atoms in total. The van der Waals surface area contributed by atoms with E-state index in [1.54, 1.807) is 26.4 Å². The zero-order valence-corrected chi connectivity index (χ0v) is 20.3. The standard InChI is InChI=1S/C23H28FN5O3S/c1-13(2)32-19-11-15(10-18(30-4)21(19)31-5)26-23-25-12-16(24)22(28-23)27-17-9-7-8-14(3)20(17)29-33-6/h7-13,29H,1-6H3,(H2,25,26,27,28). The highest BCUT2D eigenvalue weighted by molar-refractivity contribution is 7.99. The number of hydrogen-bond donors (Lipinski definition) is 3. The summed E-state index contributed by atoms with van der Waals surface area (Å²) < 4.78 is 34.5. The Hall–Kier alpha value is -3.40. The van der Waals surface area contributed by atoms with Gasteiger partial charge in [0.05, 0.1) is 37.9 Å². The molecule has 0 fully saturated rings. The fourth-order valence-electron chi connectivity index (χ4n) is 3.12. The number of para-hydroxylation sites is 1. The molecule has 33 heavy (non-hydrogen) atoms. The van der Waals surface area contributed by atoms with E-state index < -0.39 is 5.82 Å². The molecule has 0 aliphatic heterocycles. The minimum absolute atomic E-state index is 0.0429. The molecule has 0 saturated heterocycles. The van der Waals surface area contributed by atoms with Gasteiger partial charge in [0, 0.05) is 24.1 Å². The van der Waals surface area contributed by atoms with Crippen LogP contribution in [-0.4, -0.2) is 36.5 Å². The Morgan fingerprint density at radius 3 is 2.48 bits per heavy atom. The molecule has 3 N–H and O–H groups in total. The first-order chi connectivity index (χ1) is 15.9. The molecule has 0 bridgehead atoms. The minimum atomic E-state index is -0.576. The zero-order chi connectivity index (χ0) is 24.0. The van der Waals surface area contributed by atoms with Crippen LogP contribution in [0.15, 0.2) is 36.5 Å². The lowest BCUT2D eigenvalue weighted by molar-refractivity contribution is 0.226. The van der Waals surface area contributed by atoms with Crippen LogP contribution < -0.4 is 29.6 Å². The maximum Gasteiger partial charge on any atom is 0.229 e. The summed E-state index contributed by atoms with van der Waals surface area (Å²) in [6, 6.07) is 9.20. The van der Waals surface area contributed by atoms with Gasteiger partial charge in [-0.25, -0.2) is 9.37 Å². The number of methoxy groups -OCH3 is 2. The molecule has 3 aromatic rings. The average molecular weight is 474 g/mol. The largest absolute Gasteiger partial charge is 0.493 e. The summed E-state index contributed by atoms with van der Waals surface area (Å²) in [4.78, 5) is 8.40. The first kappa shape index (κ1) is 24.2. The Morgan fingerprint density at radius 2 is 1.82 bits per heavy atom. The van der Waals surface area contributed by atoms with Crippen LogP contribution in [-0.2, 0) is 0 Å². The third kappa shape index (κ3) is 5.89. The van der Waals surface area contributed by atoms with Gasteiger partial charge in [-0.05, 0) is 32.4 Å². The van der Waals surface area contributed by atoms with Crippen LogP contribution in [0.4, 0.5) is 33.2 Å². The molecular weight excluding hydrogens is 445 g/mol. The molecule has 0 radical (unpaired) electrons. The molecule has 1 aromatic heterocycles. The minimum Gasteiger partial charge on any atom is -0.493 e. The molecular formula is C23H28FN5O3S. The average Bonchev–Trinajstić information content (AvgIpc) is 2.77. The van der Waals surface area contributed by atoms with Crippen LogP contribution in [0.25, 0.3) is 0 Å². The molecule has 0 saturated carbocycles. The van der Waals surface area contributed by atoms with Crippen molar-refractivity contribution in [2.75, 3.05) is 35.8 Å².